The molecule has 216 valence electrons. The van der Waals surface area contributed by atoms with Crippen molar-refractivity contribution in [3.63, 3.8) is 0 Å². The van der Waals surface area contributed by atoms with Gasteiger partial charge >= 0.3 is 12.0 Å². The summed E-state index contributed by atoms with van der Waals surface area (Å²) in [5.74, 6) is -1.15. The highest BCUT2D eigenvalue weighted by Gasteiger charge is 2.42. The van der Waals surface area contributed by atoms with Gasteiger partial charge in [-0.25, -0.2) is 13.2 Å². The second kappa shape index (κ2) is 11.9. The summed E-state index contributed by atoms with van der Waals surface area (Å²) in [6.07, 6.45) is 0. The van der Waals surface area contributed by atoms with Crippen molar-refractivity contribution in [1.82, 2.24) is 19.1 Å². The van der Waals surface area contributed by atoms with Gasteiger partial charge in [0.1, 0.15) is 16.8 Å². The van der Waals surface area contributed by atoms with Crippen LogP contribution >= 0.6 is 11.3 Å². The molecule has 1 aliphatic rings. The number of piperazine rings is 1. The second-order valence-corrected chi connectivity index (χ2v) is 12.5. The summed E-state index contributed by atoms with van der Waals surface area (Å²) >= 11 is 1.06. The molecule has 0 saturated carbocycles. The van der Waals surface area contributed by atoms with Gasteiger partial charge in [-0.2, -0.15) is 4.31 Å². The van der Waals surface area contributed by atoms with Crippen LogP contribution in [0.1, 0.15) is 13.8 Å². The van der Waals surface area contributed by atoms with Crippen molar-refractivity contribution in [2.24, 2.45) is 0 Å². The van der Waals surface area contributed by atoms with E-state index in [0.29, 0.717) is 5.69 Å². The van der Waals surface area contributed by atoms with Crippen LogP contribution in [0.3, 0.4) is 0 Å². The van der Waals surface area contributed by atoms with Crippen LogP contribution in [-0.4, -0.2) is 78.9 Å². The van der Waals surface area contributed by atoms with E-state index < -0.39 is 34.0 Å². The van der Waals surface area contributed by atoms with E-state index in [1.54, 1.807) is 24.4 Å². The SMILES string of the molecule is CCOC(=O)CNC(=O)N1CCN(S(=O)(=O)c2cccs2)C(C(=O)Nc2ccc3c(c2)c2ccccc2n3CC)C1. The molecule has 0 radical (unpaired) electrons. The summed E-state index contributed by atoms with van der Waals surface area (Å²) in [6.45, 7) is 4.13. The van der Waals surface area contributed by atoms with Gasteiger partial charge in [-0.3, -0.25) is 9.59 Å². The van der Waals surface area contributed by atoms with Crippen LogP contribution in [0.25, 0.3) is 21.8 Å². The highest BCUT2D eigenvalue weighted by atomic mass is 32.2. The van der Waals surface area contributed by atoms with Crippen LogP contribution in [0.5, 0.6) is 0 Å². The van der Waals surface area contributed by atoms with Gasteiger partial charge < -0.3 is 24.8 Å². The third-order valence-corrected chi connectivity index (χ3v) is 10.3. The molecular weight excluding hydrogens is 566 g/mol. The molecule has 11 nitrogen and oxygen atoms in total. The zero-order chi connectivity index (χ0) is 29.1. The number of sulfonamides is 1. The van der Waals surface area contributed by atoms with E-state index in [0.717, 1.165) is 44.0 Å². The average Bonchev–Trinajstić information content (AvgIpc) is 3.63. The fourth-order valence-corrected chi connectivity index (χ4v) is 7.84. The lowest BCUT2D eigenvalue weighted by molar-refractivity contribution is -0.141. The maximum absolute atomic E-state index is 13.7. The molecule has 13 heteroatoms. The molecule has 0 spiro atoms. The number of para-hydroxylation sites is 1. The molecule has 3 heterocycles. The molecule has 2 N–H and O–H groups in total. The van der Waals surface area contributed by atoms with Crippen molar-refractivity contribution in [3.05, 3.63) is 60.0 Å². The Balaban J connectivity index is 1.42. The van der Waals surface area contributed by atoms with E-state index in [9.17, 15) is 22.8 Å². The number of hydrogen-bond acceptors (Lipinski definition) is 7. The van der Waals surface area contributed by atoms with E-state index in [1.165, 1.54) is 11.0 Å². The van der Waals surface area contributed by atoms with Crippen molar-refractivity contribution in [2.75, 3.05) is 38.1 Å². The van der Waals surface area contributed by atoms with Crippen LogP contribution in [-0.2, 0) is 30.9 Å². The zero-order valence-electron chi connectivity index (χ0n) is 22.7. The number of thiophene rings is 1. The van der Waals surface area contributed by atoms with Gasteiger partial charge in [0.25, 0.3) is 10.0 Å². The number of carbonyl (C=O) groups excluding carboxylic acids is 3. The van der Waals surface area contributed by atoms with Crippen molar-refractivity contribution < 1.29 is 27.5 Å². The summed E-state index contributed by atoms with van der Waals surface area (Å²) in [4.78, 5) is 39.6. The summed E-state index contributed by atoms with van der Waals surface area (Å²) in [6, 6.07) is 15.0. The number of ether oxygens (including phenoxy) is 1. The Morgan fingerprint density at radius 3 is 2.51 bits per heavy atom. The van der Waals surface area contributed by atoms with E-state index in [4.69, 9.17) is 4.74 Å². The Hall–Kier alpha value is -3.94. The van der Waals surface area contributed by atoms with Gasteiger partial charge in [0.15, 0.2) is 0 Å². The topological polar surface area (TPSA) is 130 Å². The quantitative estimate of drug-likeness (QED) is 0.299. The van der Waals surface area contributed by atoms with Gasteiger partial charge in [-0.05, 0) is 49.6 Å². The van der Waals surface area contributed by atoms with Crippen LogP contribution < -0.4 is 10.6 Å². The average molecular weight is 598 g/mol. The number of carbonyl (C=O) groups is 3. The molecule has 1 atom stereocenters. The van der Waals surface area contributed by atoms with E-state index in [-0.39, 0.29) is 37.0 Å². The number of esters is 1. The number of amides is 3. The lowest BCUT2D eigenvalue weighted by Gasteiger charge is -2.39. The van der Waals surface area contributed by atoms with Gasteiger partial charge in [-0.1, -0.05) is 24.3 Å². The Morgan fingerprint density at radius 2 is 1.78 bits per heavy atom. The molecule has 3 amide bonds. The first-order chi connectivity index (χ1) is 19.7. The summed E-state index contributed by atoms with van der Waals surface area (Å²) in [5.41, 5.74) is 2.62. The first kappa shape index (κ1) is 28.6. The molecular formula is C28H31N5O6S2. The number of aryl methyl sites for hydroxylation is 1. The smallest absolute Gasteiger partial charge is 0.325 e. The Labute approximate surface area is 241 Å². The predicted molar refractivity (Wildman–Crippen MR) is 157 cm³/mol. The molecule has 1 fully saturated rings. The number of benzene rings is 2. The van der Waals surface area contributed by atoms with E-state index in [2.05, 4.69) is 22.1 Å². The number of urea groups is 1. The third kappa shape index (κ3) is 5.65. The van der Waals surface area contributed by atoms with Crippen molar-refractivity contribution in [1.29, 1.82) is 0 Å². The Morgan fingerprint density at radius 1 is 1.00 bits per heavy atom. The van der Waals surface area contributed by atoms with Gasteiger partial charge in [0.05, 0.1) is 6.61 Å². The molecule has 0 bridgehead atoms. The Kier molecular flexibility index (Phi) is 8.29. The lowest BCUT2D eigenvalue weighted by Crippen LogP contribution is -2.61. The number of aromatic nitrogens is 1. The minimum absolute atomic E-state index is 0.0471. The van der Waals surface area contributed by atoms with Gasteiger partial charge in [-0.15, -0.1) is 11.3 Å². The second-order valence-electron chi connectivity index (χ2n) is 9.46. The summed E-state index contributed by atoms with van der Waals surface area (Å²) in [5, 5.41) is 9.04. The number of nitrogens with zero attached hydrogens (tertiary/aromatic N) is 3. The zero-order valence-corrected chi connectivity index (χ0v) is 24.3. The van der Waals surface area contributed by atoms with Crippen LogP contribution in [0.15, 0.2) is 64.2 Å². The molecule has 0 aliphatic carbocycles. The standard InChI is InChI=1S/C28H31N5O6S2/c1-3-32-22-9-6-5-8-20(22)21-16-19(11-12-23(21)32)30-27(35)24-18-31(28(36)29-17-25(34)39-4-2)13-14-33(24)41(37,38)26-10-7-15-40-26/h5-12,15-16,24H,3-4,13-14,17-18H2,1-2H3,(H,29,36)(H,30,35). The molecule has 4 aromatic rings. The summed E-state index contributed by atoms with van der Waals surface area (Å²) < 4.78 is 35.3. The molecule has 5 rings (SSSR count). The fraction of sp³-hybridized carbons (Fsp3) is 0.321. The van der Waals surface area contributed by atoms with Gasteiger partial charge in [0, 0.05) is 53.7 Å². The number of fused-ring (bicyclic) bond motifs is 3. The van der Waals surface area contributed by atoms with E-state index >= 15 is 0 Å². The molecule has 1 aliphatic heterocycles. The van der Waals surface area contributed by atoms with Crippen molar-refractivity contribution in [2.45, 2.75) is 30.6 Å². The number of hydrogen-bond donors (Lipinski definition) is 2. The normalized spacial score (nSPS) is 16.1. The number of nitrogens with one attached hydrogen (secondary N) is 2. The predicted octanol–water partition coefficient (Wildman–Crippen LogP) is 3.46. The maximum Gasteiger partial charge on any atom is 0.325 e. The first-order valence-electron chi connectivity index (χ1n) is 13.3. The molecule has 1 saturated heterocycles. The van der Waals surface area contributed by atoms with Crippen molar-refractivity contribution >= 4 is 66.8 Å². The summed E-state index contributed by atoms with van der Waals surface area (Å²) in [7, 11) is -4.00. The third-order valence-electron chi connectivity index (χ3n) is 7.02. The highest BCUT2D eigenvalue weighted by molar-refractivity contribution is 7.91. The number of rotatable bonds is 8. The molecule has 2 aromatic heterocycles. The molecule has 41 heavy (non-hydrogen) atoms. The largest absolute Gasteiger partial charge is 0.465 e. The van der Waals surface area contributed by atoms with Gasteiger partial charge in [0.2, 0.25) is 5.91 Å². The van der Waals surface area contributed by atoms with E-state index in [1.807, 2.05) is 36.4 Å². The van der Waals surface area contributed by atoms with Crippen molar-refractivity contribution in [3.8, 4) is 0 Å². The monoisotopic (exact) mass is 597 g/mol. The Bertz CT molecular complexity index is 1700. The fourth-order valence-electron chi connectivity index (χ4n) is 5.15. The maximum atomic E-state index is 13.7. The number of anilines is 1. The molecule has 2 aromatic carbocycles. The minimum Gasteiger partial charge on any atom is -0.465 e. The lowest BCUT2D eigenvalue weighted by atomic mass is 10.1. The highest BCUT2D eigenvalue weighted by Crippen LogP contribution is 2.31. The van der Waals surface area contributed by atoms with Crippen LogP contribution in [0.2, 0.25) is 0 Å². The first-order valence-corrected chi connectivity index (χ1v) is 15.6. The molecule has 1 unspecified atom stereocenters. The minimum atomic E-state index is -4.00. The van der Waals surface area contributed by atoms with Crippen LogP contribution in [0, 0.1) is 0 Å². The van der Waals surface area contributed by atoms with Crippen LogP contribution in [0.4, 0.5) is 10.5 Å².